The van der Waals surface area contributed by atoms with Gasteiger partial charge >= 0.3 is 6.18 Å². The topological polar surface area (TPSA) is 58.2 Å². The van der Waals surface area contributed by atoms with Gasteiger partial charge in [-0.2, -0.15) is 13.2 Å². The molecule has 0 saturated heterocycles. The Hall–Kier alpha value is -1.12. The fourth-order valence-electron chi connectivity index (χ4n) is 1.89. The minimum Gasteiger partial charge on any atom is -0.313 e. The molecule has 0 fully saturated rings. The lowest BCUT2D eigenvalue weighted by Gasteiger charge is -2.17. The van der Waals surface area contributed by atoms with Crippen LogP contribution in [0.5, 0.6) is 0 Å². The molecular weight excluding hydrogens is 305 g/mol. The molecule has 120 valence electrons. The molecule has 1 atom stereocenters. The third-order valence-electron chi connectivity index (χ3n) is 2.72. The average Bonchev–Trinajstić information content (AvgIpc) is 2.33. The SMILES string of the molecule is CCNCc1ccccc1S(=O)(=O)NC(C)CC(F)(F)F. The fraction of sp³-hybridized carbons (Fsp3) is 0.538. The molecule has 1 aromatic rings. The van der Waals surface area contributed by atoms with Crippen molar-refractivity contribution < 1.29 is 21.6 Å². The van der Waals surface area contributed by atoms with E-state index in [1.165, 1.54) is 13.0 Å². The first-order chi connectivity index (χ1) is 9.65. The summed E-state index contributed by atoms with van der Waals surface area (Å²) in [6.45, 7) is 4.06. The lowest BCUT2D eigenvalue weighted by atomic mass is 10.2. The van der Waals surface area contributed by atoms with Crippen molar-refractivity contribution in [1.29, 1.82) is 0 Å². The monoisotopic (exact) mass is 324 g/mol. The molecule has 0 aliphatic carbocycles. The largest absolute Gasteiger partial charge is 0.390 e. The van der Waals surface area contributed by atoms with Gasteiger partial charge < -0.3 is 5.32 Å². The second-order valence-electron chi connectivity index (χ2n) is 4.73. The third-order valence-corrected chi connectivity index (χ3v) is 4.41. The molecule has 0 aromatic heterocycles. The zero-order valence-corrected chi connectivity index (χ0v) is 12.7. The molecule has 0 aliphatic heterocycles. The van der Waals surface area contributed by atoms with Crippen molar-refractivity contribution in [3.8, 4) is 0 Å². The number of hydrogen-bond acceptors (Lipinski definition) is 3. The van der Waals surface area contributed by atoms with Crippen LogP contribution in [-0.4, -0.2) is 27.2 Å². The maximum Gasteiger partial charge on any atom is 0.390 e. The van der Waals surface area contributed by atoms with Crippen molar-refractivity contribution >= 4 is 10.0 Å². The van der Waals surface area contributed by atoms with Gasteiger partial charge in [0.1, 0.15) is 0 Å². The summed E-state index contributed by atoms with van der Waals surface area (Å²) in [5.41, 5.74) is 0.519. The van der Waals surface area contributed by atoms with Crippen LogP contribution in [0, 0.1) is 0 Å². The Balaban J connectivity index is 2.92. The number of benzene rings is 1. The standard InChI is InChI=1S/C13H19F3N2O2S/c1-3-17-9-11-6-4-5-7-12(11)21(19,20)18-10(2)8-13(14,15)16/h4-7,10,17-18H,3,8-9H2,1-2H3. The summed E-state index contributed by atoms with van der Waals surface area (Å²) >= 11 is 0. The Bertz CT molecular complexity index is 559. The van der Waals surface area contributed by atoms with Crippen LogP contribution in [0.3, 0.4) is 0 Å². The highest BCUT2D eigenvalue weighted by atomic mass is 32.2. The Morgan fingerprint density at radius 3 is 2.43 bits per heavy atom. The summed E-state index contributed by atoms with van der Waals surface area (Å²) in [5, 5.41) is 3.00. The average molecular weight is 324 g/mol. The summed E-state index contributed by atoms with van der Waals surface area (Å²) in [4.78, 5) is -0.0000236. The van der Waals surface area contributed by atoms with E-state index < -0.39 is 28.7 Å². The molecule has 0 radical (unpaired) electrons. The first-order valence-electron chi connectivity index (χ1n) is 6.53. The molecule has 0 saturated carbocycles. The first kappa shape index (κ1) is 17.9. The molecular formula is C13H19F3N2O2S. The van der Waals surface area contributed by atoms with Crippen molar-refractivity contribution in [3.63, 3.8) is 0 Å². The van der Waals surface area contributed by atoms with E-state index in [1.54, 1.807) is 18.2 Å². The Morgan fingerprint density at radius 2 is 1.86 bits per heavy atom. The number of sulfonamides is 1. The summed E-state index contributed by atoms with van der Waals surface area (Å²) < 4.78 is 63.3. The van der Waals surface area contributed by atoms with Crippen molar-refractivity contribution in [1.82, 2.24) is 10.0 Å². The lowest BCUT2D eigenvalue weighted by molar-refractivity contribution is -0.137. The van der Waals surface area contributed by atoms with Gasteiger partial charge in [-0.3, -0.25) is 0 Å². The van der Waals surface area contributed by atoms with Gasteiger partial charge in [0.05, 0.1) is 11.3 Å². The summed E-state index contributed by atoms with van der Waals surface area (Å²) in [6.07, 6.45) is -5.62. The fourth-order valence-corrected chi connectivity index (χ4v) is 3.37. The van der Waals surface area contributed by atoms with Gasteiger partial charge in [0, 0.05) is 12.6 Å². The van der Waals surface area contributed by atoms with Gasteiger partial charge in [-0.25, -0.2) is 13.1 Å². The number of hydrogen-bond donors (Lipinski definition) is 2. The van der Waals surface area contributed by atoms with Crippen LogP contribution in [-0.2, 0) is 16.6 Å². The van der Waals surface area contributed by atoms with Crippen molar-refractivity contribution in [2.75, 3.05) is 6.54 Å². The predicted molar refractivity (Wildman–Crippen MR) is 74.3 cm³/mol. The molecule has 2 N–H and O–H groups in total. The smallest absolute Gasteiger partial charge is 0.313 e. The maximum absolute atomic E-state index is 12.3. The zero-order valence-electron chi connectivity index (χ0n) is 11.9. The van der Waals surface area contributed by atoms with Gasteiger partial charge in [-0.05, 0) is 25.1 Å². The number of halogens is 3. The number of rotatable bonds is 7. The van der Waals surface area contributed by atoms with E-state index in [2.05, 4.69) is 10.0 Å². The van der Waals surface area contributed by atoms with Gasteiger partial charge in [0.25, 0.3) is 0 Å². The molecule has 1 rings (SSSR count). The normalized spacial score (nSPS) is 14.1. The molecule has 0 bridgehead atoms. The predicted octanol–water partition coefficient (Wildman–Crippen LogP) is 2.42. The van der Waals surface area contributed by atoms with E-state index in [0.717, 1.165) is 0 Å². The molecule has 0 aliphatic rings. The molecule has 8 heteroatoms. The van der Waals surface area contributed by atoms with E-state index in [0.29, 0.717) is 18.7 Å². The Labute approximate surface area is 122 Å². The highest BCUT2D eigenvalue weighted by Gasteiger charge is 2.32. The van der Waals surface area contributed by atoms with Gasteiger partial charge in [-0.15, -0.1) is 0 Å². The van der Waals surface area contributed by atoms with E-state index in [-0.39, 0.29) is 4.90 Å². The van der Waals surface area contributed by atoms with Crippen LogP contribution >= 0.6 is 0 Å². The summed E-state index contributed by atoms with van der Waals surface area (Å²) in [7, 11) is -3.98. The molecule has 0 amide bonds. The number of nitrogens with one attached hydrogen (secondary N) is 2. The van der Waals surface area contributed by atoms with Crippen LogP contribution in [0.2, 0.25) is 0 Å². The van der Waals surface area contributed by atoms with Crippen molar-refractivity contribution in [2.45, 2.75) is 43.9 Å². The van der Waals surface area contributed by atoms with Crippen LogP contribution in [0.4, 0.5) is 13.2 Å². The van der Waals surface area contributed by atoms with Crippen LogP contribution in [0.15, 0.2) is 29.2 Å². The second kappa shape index (κ2) is 7.24. The van der Waals surface area contributed by atoms with E-state index in [1.807, 2.05) is 6.92 Å². The highest BCUT2D eigenvalue weighted by molar-refractivity contribution is 7.89. The first-order valence-corrected chi connectivity index (χ1v) is 8.01. The molecule has 0 spiro atoms. The maximum atomic E-state index is 12.3. The quantitative estimate of drug-likeness (QED) is 0.810. The Kier molecular flexibility index (Phi) is 6.18. The highest BCUT2D eigenvalue weighted by Crippen LogP contribution is 2.23. The minimum atomic E-state index is -4.41. The second-order valence-corrected chi connectivity index (χ2v) is 6.41. The van der Waals surface area contributed by atoms with Crippen molar-refractivity contribution in [3.05, 3.63) is 29.8 Å². The van der Waals surface area contributed by atoms with Gasteiger partial charge in [0.2, 0.25) is 10.0 Å². The van der Waals surface area contributed by atoms with Crippen LogP contribution in [0.25, 0.3) is 0 Å². The van der Waals surface area contributed by atoms with Crippen molar-refractivity contribution in [2.24, 2.45) is 0 Å². The molecule has 21 heavy (non-hydrogen) atoms. The summed E-state index contributed by atoms with van der Waals surface area (Å²) in [5.74, 6) is 0. The molecule has 4 nitrogen and oxygen atoms in total. The van der Waals surface area contributed by atoms with E-state index >= 15 is 0 Å². The number of alkyl halides is 3. The summed E-state index contributed by atoms with van der Waals surface area (Å²) in [6, 6.07) is 5.02. The van der Waals surface area contributed by atoms with E-state index in [4.69, 9.17) is 0 Å². The third kappa shape index (κ3) is 6.03. The van der Waals surface area contributed by atoms with Crippen LogP contribution < -0.4 is 10.0 Å². The lowest BCUT2D eigenvalue weighted by Crippen LogP contribution is -2.36. The molecule has 1 aromatic carbocycles. The van der Waals surface area contributed by atoms with Crippen LogP contribution in [0.1, 0.15) is 25.8 Å². The molecule has 1 unspecified atom stereocenters. The van der Waals surface area contributed by atoms with Gasteiger partial charge in [-0.1, -0.05) is 25.1 Å². The Morgan fingerprint density at radius 1 is 1.24 bits per heavy atom. The zero-order chi connectivity index (χ0) is 16.1. The molecule has 0 heterocycles. The van der Waals surface area contributed by atoms with E-state index in [9.17, 15) is 21.6 Å². The minimum absolute atomic E-state index is 0.0000236. The van der Waals surface area contributed by atoms with Gasteiger partial charge in [0.15, 0.2) is 0 Å².